The Morgan fingerprint density at radius 3 is 1.28 bits per heavy atom. The number of unbranched alkanes of at least 4 members (excludes halogenated alkanes) is 13. The Morgan fingerprint density at radius 2 is 0.826 bits per heavy atom. The smallest absolute Gasteiger partial charge is 0.308 e. The van der Waals surface area contributed by atoms with Gasteiger partial charge in [-0.1, -0.05) is 77.6 Å². The molecule has 0 amide bonds. The highest BCUT2D eigenvalue weighted by Crippen LogP contribution is 2.32. The highest BCUT2D eigenvalue weighted by atomic mass is 16.5. The molecule has 4 fully saturated rings. The third-order valence-electron chi connectivity index (χ3n) is 14.1. The molecule has 4 saturated carbocycles. The molecule has 0 heterocycles. The van der Waals surface area contributed by atoms with Crippen molar-refractivity contribution in [3.63, 3.8) is 0 Å². The molecule has 0 radical (unpaired) electrons. The standard InChI is InChI=1S/C61H82N2O6/c1-3-5-7-9-11-13-15-17-19-21-23-26-46-66-58-42-38-56(39-43-58)62-50-52-30-34-54(35-31-52)60(64)68-48-28-25-29-49-69-61(65)55-36-32-53(33-37-55)51-63-57-40-44-59(45-41-57)67-47-27-24-22-20-18-16-14-12-10-8-6-4-2/h1,50-59H,4,6,8,10,12,14,16,18,20,22,24-25,27-45,47-49H2,2H3. The topological polar surface area (TPSA) is 95.8 Å². The summed E-state index contributed by atoms with van der Waals surface area (Å²) in [5.41, 5.74) is 0. The number of carbonyl (C=O) groups excluding carboxylic acids is 2. The molecule has 4 aliphatic carbocycles. The molecular formula is C61H82N2O6. The van der Waals surface area contributed by atoms with E-state index in [2.05, 4.69) is 96.5 Å². The summed E-state index contributed by atoms with van der Waals surface area (Å²) in [7, 11) is 0. The average molecular weight is 939 g/mol. The van der Waals surface area contributed by atoms with E-state index in [-0.39, 0.29) is 29.9 Å². The summed E-state index contributed by atoms with van der Waals surface area (Å²) in [6, 6.07) is 0.730. The van der Waals surface area contributed by atoms with Crippen LogP contribution in [0.15, 0.2) is 9.98 Å². The summed E-state index contributed by atoms with van der Waals surface area (Å²) in [4.78, 5) is 35.5. The lowest BCUT2D eigenvalue weighted by Crippen LogP contribution is -2.26. The number of terminal acetylenes is 1. The lowest BCUT2D eigenvalue weighted by atomic mass is 9.82. The van der Waals surface area contributed by atoms with Crippen LogP contribution in [0.1, 0.15) is 206 Å². The van der Waals surface area contributed by atoms with Crippen LogP contribution < -0.4 is 0 Å². The number of ether oxygens (including phenoxy) is 4. The molecule has 69 heavy (non-hydrogen) atoms. The minimum atomic E-state index is -0.0746. The van der Waals surface area contributed by atoms with E-state index in [9.17, 15) is 9.59 Å². The number of hydrogen-bond donors (Lipinski definition) is 0. The van der Waals surface area contributed by atoms with Gasteiger partial charge in [0.2, 0.25) is 0 Å². The van der Waals surface area contributed by atoms with Gasteiger partial charge in [-0.05, 0) is 176 Å². The Labute approximate surface area is 418 Å². The van der Waals surface area contributed by atoms with Gasteiger partial charge in [0.15, 0.2) is 0 Å². The summed E-state index contributed by atoms with van der Waals surface area (Å²) in [5.74, 6) is 30.9. The molecule has 0 aromatic carbocycles. The van der Waals surface area contributed by atoms with Crippen molar-refractivity contribution in [2.75, 3.05) is 19.8 Å². The lowest BCUT2D eigenvalue weighted by Gasteiger charge is -2.28. The van der Waals surface area contributed by atoms with Crippen molar-refractivity contribution >= 4 is 24.4 Å². The van der Waals surface area contributed by atoms with E-state index >= 15 is 0 Å². The van der Waals surface area contributed by atoms with E-state index in [4.69, 9.17) is 35.4 Å². The van der Waals surface area contributed by atoms with Crippen molar-refractivity contribution in [2.45, 2.75) is 230 Å². The van der Waals surface area contributed by atoms with Gasteiger partial charge in [-0.2, -0.15) is 0 Å². The molecule has 8 heteroatoms. The second-order valence-electron chi connectivity index (χ2n) is 19.6. The van der Waals surface area contributed by atoms with Crippen molar-refractivity contribution in [1.82, 2.24) is 0 Å². The van der Waals surface area contributed by atoms with Crippen molar-refractivity contribution < 1.29 is 28.5 Å². The zero-order valence-electron chi connectivity index (χ0n) is 42.2. The van der Waals surface area contributed by atoms with E-state index < -0.39 is 0 Å². The Balaban J connectivity index is 0.919. The fourth-order valence-electron chi connectivity index (χ4n) is 9.78. The molecule has 0 spiro atoms. The monoisotopic (exact) mass is 939 g/mol. The first-order valence-corrected chi connectivity index (χ1v) is 27.2. The molecule has 0 unspecified atom stereocenters. The van der Waals surface area contributed by atoms with Crippen molar-refractivity contribution in [2.24, 2.45) is 33.7 Å². The fraction of sp³-hybridized carbons (Fsp3) is 0.705. The Bertz CT molecular complexity index is 1960. The summed E-state index contributed by atoms with van der Waals surface area (Å²) in [6.45, 7) is 4.06. The zero-order valence-corrected chi connectivity index (χ0v) is 42.2. The van der Waals surface area contributed by atoms with Gasteiger partial charge in [-0.15, -0.1) is 6.42 Å². The van der Waals surface area contributed by atoms with Crippen LogP contribution in [-0.2, 0) is 28.5 Å². The number of hydrogen-bond acceptors (Lipinski definition) is 8. The SMILES string of the molecule is C#CC#CC#CC#CC#CC#CC#COC1CCC(N=CC2CCC(C(=O)OCCCCCOC(=O)C3CCC(C=NC4CCC(OCCCCCCCCCCCCCC)CC4)CC3)CC2)CC1. The summed E-state index contributed by atoms with van der Waals surface area (Å²) in [6.07, 6.45) is 47.1. The largest absolute Gasteiger partial charge is 0.465 e. The van der Waals surface area contributed by atoms with Crippen molar-refractivity contribution in [1.29, 1.82) is 0 Å². The van der Waals surface area contributed by atoms with E-state index in [1.807, 2.05) is 0 Å². The van der Waals surface area contributed by atoms with Gasteiger partial charge < -0.3 is 18.9 Å². The first-order valence-electron chi connectivity index (χ1n) is 27.2. The van der Waals surface area contributed by atoms with Crippen molar-refractivity contribution in [3.8, 4) is 83.6 Å². The average Bonchev–Trinajstić information content (AvgIpc) is 3.38. The van der Waals surface area contributed by atoms with Crippen LogP contribution in [0.4, 0.5) is 0 Å². The lowest BCUT2D eigenvalue weighted by molar-refractivity contribution is -0.150. The molecule has 372 valence electrons. The highest BCUT2D eigenvalue weighted by Gasteiger charge is 2.29. The molecule has 0 bridgehead atoms. The maximum atomic E-state index is 12.8. The third-order valence-corrected chi connectivity index (χ3v) is 14.1. The molecule has 0 saturated heterocycles. The highest BCUT2D eigenvalue weighted by molar-refractivity contribution is 5.73. The van der Waals surface area contributed by atoms with Crippen LogP contribution in [0.2, 0.25) is 0 Å². The van der Waals surface area contributed by atoms with Gasteiger partial charge in [-0.3, -0.25) is 19.6 Å². The first-order chi connectivity index (χ1) is 34.0. The molecule has 0 aliphatic heterocycles. The first kappa shape index (κ1) is 56.5. The van der Waals surface area contributed by atoms with Gasteiger partial charge in [0, 0.05) is 66.6 Å². The minimum absolute atomic E-state index is 0.00244. The predicted molar refractivity (Wildman–Crippen MR) is 279 cm³/mol. The van der Waals surface area contributed by atoms with E-state index in [1.54, 1.807) is 0 Å². The molecule has 0 aromatic rings. The quantitative estimate of drug-likeness (QED) is 0.0352. The van der Waals surface area contributed by atoms with E-state index in [0.717, 1.165) is 129 Å². The van der Waals surface area contributed by atoms with E-state index in [1.165, 1.54) is 77.0 Å². The van der Waals surface area contributed by atoms with Crippen LogP contribution in [0, 0.1) is 107 Å². The second-order valence-corrected chi connectivity index (χ2v) is 19.6. The Morgan fingerprint density at radius 1 is 0.449 bits per heavy atom. The number of aliphatic imine (C=N–C) groups is 2. The number of rotatable bonds is 27. The summed E-state index contributed by atoms with van der Waals surface area (Å²) in [5, 5.41) is 0. The summed E-state index contributed by atoms with van der Waals surface area (Å²) < 4.78 is 23.2. The van der Waals surface area contributed by atoms with Gasteiger partial charge in [0.05, 0.1) is 31.2 Å². The molecule has 4 aliphatic rings. The number of carbonyl (C=O) groups is 2. The predicted octanol–water partition coefficient (Wildman–Crippen LogP) is 12.0. The molecule has 0 atom stereocenters. The van der Waals surface area contributed by atoms with E-state index in [0.29, 0.717) is 43.2 Å². The zero-order chi connectivity index (χ0) is 48.7. The van der Waals surface area contributed by atoms with Crippen molar-refractivity contribution in [3.05, 3.63) is 0 Å². The maximum Gasteiger partial charge on any atom is 0.308 e. The van der Waals surface area contributed by atoms with Crippen LogP contribution in [-0.4, -0.2) is 68.5 Å². The molecular weight excluding hydrogens is 857 g/mol. The molecule has 0 N–H and O–H groups in total. The second kappa shape index (κ2) is 37.8. The van der Waals surface area contributed by atoms with Gasteiger partial charge >= 0.3 is 11.9 Å². The normalized spacial score (nSPS) is 24.1. The van der Waals surface area contributed by atoms with Gasteiger partial charge in [0.1, 0.15) is 12.2 Å². The maximum absolute atomic E-state index is 12.8. The fourth-order valence-corrected chi connectivity index (χ4v) is 9.78. The third kappa shape index (κ3) is 27.1. The van der Waals surface area contributed by atoms with Crippen LogP contribution in [0.3, 0.4) is 0 Å². The van der Waals surface area contributed by atoms with Gasteiger partial charge in [0.25, 0.3) is 0 Å². The van der Waals surface area contributed by atoms with Gasteiger partial charge in [-0.25, -0.2) is 0 Å². The van der Waals surface area contributed by atoms with Crippen LogP contribution >= 0.6 is 0 Å². The molecule has 8 nitrogen and oxygen atoms in total. The van der Waals surface area contributed by atoms with Crippen LogP contribution in [0.25, 0.3) is 0 Å². The minimum Gasteiger partial charge on any atom is -0.465 e. The van der Waals surface area contributed by atoms with Crippen LogP contribution in [0.5, 0.6) is 0 Å². The Hall–Kier alpha value is -5.04. The molecule has 0 aromatic heterocycles. The number of esters is 2. The Kier molecular flexibility index (Phi) is 31.0. The summed E-state index contributed by atoms with van der Waals surface area (Å²) >= 11 is 0. The number of nitrogens with zero attached hydrogens (tertiary/aromatic N) is 2. The molecule has 4 rings (SSSR count).